The lowest BCUT2D eigenvalue weighted by molar-refractivity contribution is -0.138. The van der Waals surface area contributed by atoms with E-state index in [0.717, 1.165) is 39.0 Å². The molecule has 5 nitrogen and oxygen atoms in total. The second-order valence-corrected chi connectivity index (χ2v) is 5.30. The molecule has 2 fully saturated rings. The number of hydrogen-bond acceptors (Lipinski definition) is 3. The number of piperazine rings is 1. The second-order valence-electron chi connectivity index (χ2n) is 5.30. The fraction of sp³-hybridized carbons (Fsp3) is 0.846. The Morgan fingerprint density at radius 2 is 1.79 bits per heavy atom. The predicted molar refractivity (Wildman–Crippen MR) is 76.3 cm³/mol. The molecule has 19 heavy (non-hydrogen) atoms. The van der Waals surface area contributed by atoms with Gasteiger partial charge in [0.25, 0.3) is 0 Å². The van der Waals surface area contributed by atoms with Gasteiger partial charge in [-0.05, 0) is 18.8 Å². The summed E-state index contributed by atoms with van der Waals surface area (Å²) >= 11 is 0. The lowest BCUT2D eigenvalue weighted by Crippen LogP contribution is -2.55. The van der Waals surface area contributed by atoms with Gasteiger partial charge >= 0.3 is 0 Å². The molecule has 1 atom stereocenters. The molecule has 1 aliphatic heterocycles. The number of carbonyl (C=O) groups is 2. The van der Waals surface area contributed by atoms with E-state index in [2.05, 4.69) is 10.6 Å². The number of hydrogen-bond donors (Lipinski definition) is 2. The van der Waals surface area contributed by atoms with Crippen molar-refractivity contribution in [3.63, 3.8) is 0 Å². The van der Waals surface area contributed by atoms with Crippen molar-refractivity contribution in [1.82, 2.24) is 15.5 Å². The lowest BCUT2D eigenvalue weighted by Gasteiger charge is -2.33. The fourth-order valence-electron chi connectivity index (χ4n) is 2.97. The van der Waals surface area contributed by atoms with Crippen LogP contribution in [0.15, 0.2) is 0 Å². The Morgan fingerprint density at radius 3 is 2.32 bits per heavy atom. The Labute approximate surface area is 120 Å². The molecule has 0 aromatic heterocycles. The van der Waals surface area contributed by atoms with Crippen LogP contribution in [0.3, 0.4) is 0 Å². The molecule has 1 saturated carbocycles. The summed E-state index contributed by atoms with van der Waals surface area (Å²) in [5.74, 6) is 0.338. The van der Waals surface area contributed by atoms with Crippen LogP contribution >= 0.6 is 12.4 Å². The van der Waals surface area contributed by atoms with Crippen LogP contribution in [0.1, 0.15) is 32.6 Å². The summed E-state index contributed by atoms with van der Waals surface area (Å²) in [5.41, 5.74) is 0. The summed E-state index contributed by atoms with van der Waals surface area (Å²) in [6, 6.07) is -0.303. The van der Waals surface area contributed by atoms with E-state index >= 15 is 0 Å². The molecule has 0 radical (unpaired) electrons. The van der Waals surface area contributed by atoms with E-state index in [1.54, 1.807) is 0 Å². The molecule has 1 aliphatic carbocycles. The number of amides is 2. The minimum Gasteiger partial charge on any atom is -0.344 e. The monoisotopic (exact) mass is 289 g/mol. The van der Waals surface area contributed by atoms with Crippen molar-refractivity contribution in [1.29, 1.82) is 0 Å². The maximum atomic E-state index is 12.5. The van der Waals surface area contributed by atoms with Crippen LogP contribution < -0.4 is 10.6 Å². The van der Waals surface area contributed by atoms with Gasteiger partial charge in [-0.2, -0.15) is 0 Å². The first-order valence-electron chi connectivity index (χ1n) is 6.95. The van der Waals surface area contributed by atoms with Gasteiger partial charge < -0.3 is 15.5 Å². The molecule has 1 saturated heterocycles. The fourth-order valence-corrected chi connectivity index (χ4v) is 2.97. The summed E-state index contributed by atoms with van der Waals surface area (Å²) in [6.45, 7) is 4.70. The van der Waals surface area contributed by atoms with Crippen molar-refractivity contribution in [2.75, 3.05) is 26.2 Å². The third kappa shape index (κ3) is 4.35. The van der Waals surface area contributed by atoms with Crippen LogP contribution in [-0.2, 0) is 9.59 Å². The highest BCUT2D eigenvalue weighted by Gasteiger charge is 2.34. The Bertz CT molecular complexity index is 313. The largest absolute Gasteiger partial charge is 0.344 e. The van der Waals surface area contributed by atoms with Gasteiger partial charge in [0.05, 0.1) is 0 Å². The minimum absolute atomic E-state index is 0. The highest BCUT2D eigenvalue weighted by Crippen LogP contribution is 2.28. The first-order chi connectivity index (χ1) is 8.68. The molecule has 2 N–H and O–H groups in total. The minimum atomic E-state index is -0.303. The van der Waals surface area contributed by atoms with Crippen molar-refractivity contribution in [2.45, 2.75) is 38.6 Å². The molecule has 1 heterocycles. The molecule has 2 rings (SSSR count). The van der Waals surface area contributed by atoms with Gasteiger partial charge in [-0.25, -0.2) is 0 Å². The summed E-state index contributed by atoms with van der Waals surface area (Å²) < 4.78 is 0. The van der Waals surface area contributed by atoms with Crippen molar-refractivity contribution in [2.24, 2.45) is 5.92 Å². The van der Waals surface area contributed by atoms with E-state index in [4.69, 9.17) is 0 Å². The van der Waals surface area contributed by atoms with Crippen LogP contribution in [0.25, 0.3) is 0 Å². The van der Waals surface area contributed by atoms with Crippen molar-refractivity contribution < 1.29 is 9.59 Å². The number of carbonyl (C=O) groups excluding carboxylic acids is 2. The third-order valence-electron chi connectivity index (χ3n) is 3.92. The van der Waals surface area contributed by atoms with Gasteiger partial charge in [-0.15, -0.1) is 12.4 Å². The van der Waals surface area contributed by atoms with Gasteiger partial charge in [-0.1, -0.05) is 12.8 Å². The van der Waals surface area contributed by atoms with E-state index in [-0.39, 0.29) is 30.3 Å². The molecule has 0 aromatic carbocycles. The van der Waals surface area contributed by atoms with Crippen LogP contribution in [0.4, 0.5) is 0 Å². The van der Waals surface area contributed by atoms with Gasteiger partial charge in [-0.3, -0.25) is 9.59 Å². The molecule has 0 aromatic rings. The zero-order chi connectivity index (χ0) is 13.0. The summed E-state index contributed by atoms with van der Waals surface area (Å²) in [7, 11) is 0. The first-order valence-corrected chi connectivity index (χ1v) is 6.95. The molecule has 110 valence electrons. The number of nitrogens with zero attached hydrogens (tertiary/aromatic N) is 1. The first kappa shape index (κ1) is 16.2. The van der Waals surface area contributed by atoms with Crippen LogP contribution in [0.5, 0.6) is 0 Å². The highest BCUT2D eigenvalue weighted by atomic mass is 35.5. The van der Waals surface area contributed by atoms with Crippen molar-refractivity contribution in [3.8, 4) is 0 Å². The van der Waals surface area contributed by atoms with E-state index in [1.807, 2.05) is 4.90 Å². The van der Waals surface area contributed by atoms with E-state index < -0.39 is 0 Å². The van der Waals surface area contributed by atoms with E-state index in [0.29, 0.717) is 5.92 Å². The SMILES string of the molecule is CC(=O)NC(C(=O)N1CCNCC1)C1CCCC1.Cl. The topological polar surface area (TPSA) is 61.4 Å². The van der Waals surface area contributed by atoms with Crippen LogP contribution in [0.2, 0.25) is 0 Å². The van der Waals surface area contributed by atoms with Gasteiger partial charge in [0, 0.05) is 33.1 Å². The molecule has 0 spiro atoms. The van der Waals surface area contributed by atoms with E-state index in [1.165, 1.54) is 19.8 Å². The molecule has 2 amide bonds. The van der Waals surface area contributed by atoms with Crippen molar-refractivity contribution >= 4 is 24.2 Å². The maximum absolute atomic E-state index is 12.5. The zero-order valence-electron chi connectivity index (χ0n) is 11.5. The lowest BCUT2D eigenvalue weighted by atomic mass is 9.96. The van der Waals surface area contributed by atoms with Crippen LogP contribution in [0, 0.1) is 5.92 Å². The Hall–Kier alpha value is -0.810. The number of rotatable bonds is 3. The number of halogens is 1. The average Bonchev–Trinajstić information content (AvgIpc) is 2.89. The Kier molecular flexibility index (Phi) is 6.58. The average molecular weight is 290 g/mol. The van der Waals surface area contributed by atoms with E-state index in [9.17, 15) is 9.59 Å². The third-order valence-corrected chi connectivity index (χ3v) is 3.92. The number of nitrogens with one attached hydrogen (secondary N) is 2. The van der Waals surface area contributed by atoms with Crippen LogP contribution in [-0.4, -0.2) is 48.9 Å². The molecular weight excluding hydrogens is 266 g/mol. The maximum Gasteiger partial charge on any atom is 0.245 e. The van der Waals surface area contributed by atoms with Crippen molar-refractivity contribution in [3.05, 3.63) is 0 Å². The Morgan fingerprint density at radius 1 is 1.21 bits per heavy atom. The highest BCUT2D eigenvalue weighted by molar-refractivity contribution is 5.87. The Balaban J connectivity index is 0.00000180. The molecule has 1 unspecified atom stereocenters. The zero-order valence-corrected chi connectivity index (χ0v) is 12.3. The smallest absolute Gasteiger partial charge is 0.245 e. The molecule has 0 bridgehead atoms. The predicted octanol–water partition coefficient (Wildman–Crippen LogP) is 0.535. The summed E-state index contributed by atoms with van der Waals surface area (Å²) in [6.07, 6.45) is 4.47. The second kappa shape index (κ2) is 7.70. The summed E-state index contributed by atoms with van der Waals surface area (Å²) in [4.78, 5) is 25.7. The van der Waals surface area contributed by atoms with Gasteiger partial charge in [0.15, 0.2) is 0 Å². The molecular formula is C13H24ClN3O2. The molecule has 6 heteroatoms. The summed E-state index contributed by atoms with van der Waals surface area (Å²) in [5, 5.41) is 6.11. The van der Waals surface area contributed by atoms with Gasteiger partial charge in [0.1, 0.15) is 6.04 Å². The standard InChI is InChI=1S/C13H23N3O2.ClH/c1-10(17)15-12(11-4-2-3-5-11)13(18)16-8-6-14-7-9-16;/h11-12,14H,2-9H2,1H3,(H,15,17);1H. The molecule has 2 aliphatic rings. The normalized spacial score (nSPS) is 21.6. The van der Waals surface area contributed by atoms with Gasteiger partial charge in [0.2, 0.25) is 11.8 Å². The quantitative estimate of drug-likeness (QED) is 0.797.